The van der Waals surface area contributed by atoms with E-state index in [1.54, 1.807) is 18.2 Å². The number of benzene rings is 1. The normalized spacial score (nSPS) is 20.8. The lowest BCUT2D eigenvalue weighted by Crippen LogP contribution is -2.33. The van der Waals surface area contributed by atoms with Crippen LogP contribution in [0.15, 0.2) is 30.4 Å². The van der Waals surface area contributed by atoms with Gasteiger partial charge in [0.1, 0.15) is 5.75 Å². The standard InChI is InChI=1S/C16H20ClNO3/c1-10(2)21-15-6-4-12(17)8-14(15)16(20)18-13-5-3-11(7-13)9-19/h3-6,8,10-11,13,19H,7,9H2,1-2H3,(H,18,20)/t11-,13+/m0/s1. The first-order valence-electron chi connectivity index (χ1n) is 7.06. The van der Waals surface area contributed by atoms with E-state index in [0.29, 0.717) is 22.8 Å². The average Bonchev–Trinajstić information content (AvgIpc) is 2.88. The van der Waals surface area contributed by atoms with E-state index in [1.165, 1.54) is 0 Å². The van der Waals surface area contributed by atoms with Gasteiger partial charge in [0.15, 0.2) is 0 Å². The minimum Gasteiger partial charge on any atom is -0.490 e. The molecule has 1 aromatic rings. The molecule has 1 aliphatic rings. The summed E-state index contributed by atoms with van der Waals surface area (Å²) in [5.74, 6) is 0.412. The van der Waals surface area contributed by atoms with Gasteiger partial charge in [0, 0.05) is 23.6 Å². The summed E-state index contributed by atoms with van der Waals surface area (Å²) in [7, 11) is 0. The molecule has 2 rings (SSSR count). The number of carbonyl (C=O) groups excluding carboxylic acids is 1. The second kappa shape index (κ2) is 6.96. The summed E-state index contributed by atoms with van der Waals surface area (Å²) < 4.78 is 5.65. The molecule has 1 aliphatic carbocycles. The molecule has 0 aliphatic heterocycles. The third-order valence-corrected chi connectivity index (χ3v) is 3.51. The molecule has 5 heteroatoms. The Bertz CT molecular complexity index is 542. The highest BCUT2D eigenvalue weighted by Crippen LogP contribution is 2.25. The Balaban J connectivity index is 2.11. The number of hydrogen-bond donors (Lipinski definition) is 2. The third kappa shape index (κ3) is 4.22. The molecule has 1 aromatic carbocycles. The van der Waals surface area contributed by atoms with E-state index in [-0.39, 0.29) is 30.6 Å². The number of aliphatic hydroxyl groups excluding tert-OH is 1. The first-order chi connectivity index (χ1) is 9.99. The molecule has 2 atom stereocenters. The zero-order chi connectivity index (χ0) is 15.4. The highest BCUT2D eigenvalue weighted by molar-refractivity contribution is 6.31. The van der Waals surface area contributed by atoms with Crippen molar-refractivity contribution in [3.05, 3.63) is 40.9 Å². The van der Waals surface area contributed by atoms with Crippen LogP contribution in [0.2, 0.25) is 5.02 Å². The molecule has 0 aromatic heterocycles. The van der Waals surface area contributed by atoms with Crippen molar-refractivity contribution < 1.29 is 14.6 Å². The average molecular weight is 310 g/mol. The molecule has 0 spiro atoms. The number of hydrogen-bond acceptors (Lipinski definition) is 3. The van der Waals surface area contributed by atoms with Crippen LogP contribution in [0.25, 0.3) is 0 Å². The summed E-state index contributed by atoms with van der Waals surface area (Å²) in [6.07, 6.45) is 4.52. The molecule has 0 unspecified atom stereocenters. The molecule has 4 nitrogen and oxygen atoms in total. The fourth-order valence-electron chi connectivity index (χ4n) is 2.30. The quantitative estimate of drug-likeness (QED) is 0.822. The van der Waals surface area contributed by atoms with Gasteiger partial charge >= 0.3 is 0 Å². The molecule has 0 heterocycles. The first kappa shape index (κ1) is 15.9. The smallest absolute Gasteiger partial charge is 0.255 e. The van der Waals surface area contributed by atoms with Crippen LogP contribution in [0, 0.1) is 5.92 Å². The summed E-state index contributed by atoms with van der Waals surface area (Å²) >= 11 is 5.98. The predicted molar refractivity (Wildman–Crippen MR) is 82.8 cm³/mol. The van der Waals surface area contributed by atoms with Crippen molar-refractivity contribution in [2.24, 2.45) is 5.92 Å². The van der Waals surface area contributed by atoms with Crippen LogP contribution in [0.1, 0.15) is 30.6 Å². The monoisotopic (exact) mass is 309 g/mol. The summed E-state index contributed by atoms with van der Waals surface area (Å²) in [5.41, 5.74) is 0.428. The van der Waals surface area contributed by atoms with E-state index in [2.05, 4.69) is 5.32 Å². The van der Waals surface area contributed by atoms with E-state index in [1.807, 2.05) is 26.0 Å². The van der Waals surface area contributed by atoms with Crippen LogP contribution in [-0.2, 0) is 0 Å². The van der Waals surface area contributed by atoms with Gasteiger partial charge in [0.25, 0.3) is 5.91 Å². The van der Waals surface area contributed by atoms with Gasteiger partial charge in [-0.15, -0.1) is 0 Å². The first-order valence-corrected chi connectivity index (χ1v) is 7.43. The summed E-state index contributed by atoms with van der Waals surface area (Å²) in [6, 6.07) is 4.95. The Morgan fingerprint density at radius 2 is 2.24 bits per heavy atom. The van der Waals surface area contributed by atoms with Crippen LogP contribution in [0.3, 0.4) is 0 Å². The number of rotatable bonds is 5. The van der Waals surface area contributed by atoms with Crippen molar-refractivity contribution >= 4 is 17.5 Å². The van der Waals surface area contributed by atoms with E-state index < -0.39 is 0 Å². The van der Waals surface area contributed by atoms with Crippen molar-refractivity contribution in [3.8, 4) is 5.75 Å². The van der Waals surface area contributed by atoms with Gasteiger partial charge in [-0.05, 0) is 38.5 Å². The molecule has 0 fully saturated rings. The highest BCUT2D eigenvalue weighted by atomic mass is 35.5. The number of aliphatic hydroxyl groups is 1. The number of amides is 1. The maximum atomic E-state index is 12.4. The number of halogens is 1. The van der Waals surface area contributed by atoms with E-state index in [0.717, 1.165) is 0 Å². The minimum absolute atomic E-state index is 0.0251. The van der Waals surface area contributed by atoms with Gasteiger partial charge in [0.05, 0.1) is 11.7 Å². The van der Waals surface area contributed by atoms with Gasteiger partial charge in [-0.3, -0.25) is 4.79 Å². The molecule has 0 radical (unpaired) electrons. The largest absolute Gasteiger partial charge is 0.490 e. The topological polar surface area (TPSA) is 58.6 Å². The van der Waals surface area contributed by atoms with Crippen molar-refractivity contribution in [1.29, 1.82) is 0 Å². The Kier molecular flexibility index (Phi) is 5.26. The number of carbonyl (C=O) groups is 1. The van der Waals surface area contributed by atoms with Gasteiger partial charge in [-0.2, -0.15) is 0 Å². The molecular formula is C16H20ClNO3. The molecular weight excluding hydrogens is 290 g/mol. The maximum Gasteiger partial charge on any atom is 0.255 e. The van der Waals surface area contributed by atoms with Crippen LogP contribution < -0.4 is 10.1 Å². The molecule has 2 N–H and O–H groups in total. The van der Waals surface area contributed by atoms with Crippen molar-refractivity contribution in [2.45, 2.75) is 32.4 Å². The summed E-state index contributed by atoms with van der Waals surface area (Å²) in [4.78, 5) is 12.4. The van der Waals surface area contributed by atoms with Gasteiger partial charge in [-0.25, -0.2) is 0 Å². The van der Waals surface area contributed by atoms with Crippen LogP contribution in [0.4, 0.5) is 0 Å². The lowest BCUT2D eigenvalue weighted by molar-refractivity contribution is 0.0935. The second-order valence-electron chi connectivity index (χ2n) is 5.45. The lowest BCUT2D eigenvalue weighted by Gasteiger charge is -2.17. The second-order valence-corrected chi connectivity index (χ2v) is 5.89. The van der Waals surface area contributed by atoms with E-state index in [9.17, 15) is 4.79 Å². The van der Waals surface area contributed by atoms with E-state index >= 15 is 0 Å². The van der Waals surface area contributed by atoms with Crippen molar-refractivity contribution in [3.63, 3.8) is 0 Å². The predicted octanol–water partition coefficient (Wildman–Crippen LogP) is 2.79. The van der Waals surface area contributed by atoms with Gasteiger partial charge in [0.2, 0.25) is 0 Å². The number of ether oxygens (including phenoxy) is 1. The van der Waals surface area contributed by atoms with Crippen molar-refractivity contribution in [2.75, 3.05) is 6.61 Å². The molecule has 21 heavy (non-hydrogen) atoms. The minimum atomic E-state index is -0.221. The summed E-state index contributed by atoms with van der Waals surface area (Å²) in [6.45, 7) is 3.91. The Hall–Kier alpha value is -1.52. The lowest BCUT2D eigenvalue weighted by atomic mass is 10.1. The zero-order valence-electron chi connectivity index (χ0n) is 12.2. The number of nitrogens with one attached hydrogen (secondary N) is 1. The van der Waals surface area contributed by atoms with Gasteiger partial charge in [-0.1, -0.05) is 23.8 Å². The highest BCUT2D eigenvalue weighted by Gasteiger charge is 2.22. The Morgan fingerprint density at radius 1 is 1.48 bits per heavy atom. The van der Waals surface area contributed by atoms with Gasteiger partial charge < -0.3 is 15.2 Å². The molecule has 0 saturated carbocycles. The Labute approximate surface area is 129 Å². The SMILES string of the molecule is CC(C)Oc1ccc(Cl)cc1C(=O)N[C@@H]1C=C[C@H](CO)C1. The molecule has 114 valence electrons. The van der Waals surface area contributed by atoms with Crippen LogP contribution in [0.5, 0.6) is 5.75 Å². The summed E-state index contributed by atoms with van der Waals surface area (Å²) in [5, 5.41) is 12.5. The van der Waals surface area contributed by atoms with E-state index in [4.69, 9.17) is 21.4 Å². The Morgan fingerprint density at radius 3 is 2.86 bits per heavy atom. The fourth-order valence-corrected chi connectivity index (χ4v) is 2.47. The maximum absolute atomic E-state index is 12.4. The fraction of sp³-hybridized carbons (Fsp3) is 0.438. The third-order valence-electron chi connectivity index (χ3n) is 3.27. The molecule has 0 saturated heterocycles. The molecule has 1 amide bonds. The zero-order valence-corrected chi connectivity index (χ0v) is 12.9. The van der Waals surface area contributed by atoms with Crippen LogP contribution in [-0.4, -0.2) is 29.8 Å². The molecule has 0 bridgehead atoms. The van der Waals surface area contributed by atoms with Crippen LogP contribution >= 0.6 is 11.6 Å². The van der Waals surface area contributed by atoms with Crippen molar-refractivity contribution in [1.82, 2.24) is 5.32 Å².